The summed E-state index contributed by atoms with van der Waals surface area (Å²) < 4.78 is 7.07. The number of hydrogen-bond acceptors (Lipinski definition) is 7. The fraction of sp³-hybridized carbons (Fsp3) is 0.600. The molecule has 0 spiro atoms. The molecule has 8 nitrogen and oxygen atoms in total. The Balaban J connectivity index is 1.28. The molecule has 10 heteroatoms. The van der Waals surface area contributed by atoms with Crippen LogP contribution < -0.4 is 4.90 Å². The van der Waals surface area contributed by atoms with Crippen LogP contribution in [0.4, 0.5) is 5.82 Å². The Morgan fingerprint density at radius 3 is 2.77 bits per heavy atom. The van der Waals surface area contributed by atoms with Crippen molar-refractivity contribution in [2.75, 3.05) is 37.7 Å². The van der Waals surface area contributed by atoms with E-state index in [1.165, 1.54) is 12.8 Å². The molecule has 0 unspecified atom stereocenters. The molecular formula is C30H40Cl2N6O2. The quantitative estimate of drug-likeness (QED) is 0.286. The lowest BCUT2D eigenvalue weighted by molar-refractivity contribution is -0.143. The number of ether oxygens (including phenoxy) is 1. The SMILES string of the molecule is CCOC(=O)CC[C@@H]1CCCN([C@@H]2CCN(c3cnc4c(C)nn([C@H](C)c5ccc(Cl)cc5Cl)c4n3)C[C@@H]2C)C1. The third-order valence-corrected chi connectivity index (χ3v) is 9.17. The number of aryl methyl sites for hydroxylation is 1. The Morgan fingerprint density at radius 2 is 2.02 bits per heavy atom. The van der Waals surface area contributed by atoms with Gasteiger partial charge in [-0.25, -0.2) is 14.6 Å². The van der Waals surface area contributed by atoms with Gasteiger partial charge >= 0.3 is 5.97 Å². The van der Waals surface area contributed by atoms with E-state index in [4.69, 9.17) is 43.0 Å². The summed E-state index contributed by atoms with van der Waals surface area (Å²) in [6.45, 7) is 12.8. The average molecular weight is 588 g/mol. The molecule has 4 heterocycles. The van der Waals surface area contributed by atoms with Crippen molar-refractivity contribution in [2.24, 2.45) is 11.8 Å². The van der Waals surface area contributed by atoms with Crippen molar-refractivity contribution in [3.05, 3.63) is 45.7 Å². The van der Waals surface area contributed by atoms with Crippen molar-refractivity contribution in [1.29, 1.82) is 0 Å². The molecule has 216 valence electrons. The van der Waals surface area contributed by atoms with Crippen LogP contribution in [0.15, 0.2) is 24.4 Å². The molecule has 0 aliphatic carbocycles. The van der Waals surface area contributed by atoms with Gasteiger partial charge in [-0.1, -0.05) is 36.2 Å². The van der Waals surface area contributed by atoms with Crippen LogP contribution >= 0.6 is 23.2 Å². The standard InChI is InChI=1S/C30H40Cl2N6O2/c1-5-40-28(39)11-8-22-7-6-13-36(18-22)26-12-14-37(17-19(26)2)27-16-33-29-20(3)35-38(30(29)34-27)21(4)24-10-9-23(31)15-25(24)32/h9-10,15-16,19,21-22,26H,5-8,11-14,17-18H2,1-4H3/t19-,21+,22-,26+/m0/s1. The van der Waals surface area contributed by atoms with E-state index >= 15 is 0 Å². The molecular weight excluding hydrogens is 547 g/mol. The van der Waals surface area contributed by atoms with Crippen molar-refractivity contribution in [1.82, 2.24) is 24.6 Å². The third-order valence-electron chi connectivity index (χ3n) is 8.60. The largest absolute Gasteiger partial charge is 0.466 e. The van der Waals surface area contributed by atoms with Crippen LogP contribution in [0.1, 0.15) is 70.2 Å². The minimum atomic E-state index is -0.119. The van der Waals surface area contributed by atoms with E-state index in [2.05, 4.69) is 23.6 Å². The van der Waals surface area contributed by atoms with E-state index in [1.807, 2.05) is 36.9 Å². The molecule has 3 aromatic rings. The fourth-order valence-electron chi connectivity index (χ4n) is 6.51. The maximum absolute atomic E-state index is 11.9. The number of fused-ring (bicyclic) bond motifs is 1. The topological polar surface area (TPSA) is 76.4 Å². The first kappa shape index (κ1) is 29.1. The summed E-state index contributed by atoms with van der Waals surface area (Å²) in [6.07, 6.45) is 6.82. The van der Waals surface area contributed by atoms with Crippen molar-refractivity contribution in [3.63, 3.8) is 0 Å². The van der Waals surface area contributed by atoms with Crippen LogP contribution in [0, 0.1) is 18.8 Å². The molecule has 2 fully saturated rings. The maximum atomic E-state index is 11.9. The number of esters is 1. The molecule has 2 aliphatic heterocycles. The van der Waals surface area contributed by atoms with Gasteiger partial charge in [0, 0.05) is 42.1 Å². The first-order chi connectivity index (χ1) is 19.2. The Bertz CT molecular complexity index is 1350. The monoisotopic (exact) mass is 586 g/mol. The van der Waals surface area contributed by atoms with Crippen molar-refractivity contribution >= 4 is 46.2 Å². The molecule has 1 aromatic carbocycles. The van der Waals surface area contributed by atoms with Crippen molar-refractivity contribution in [2.45, 2.75) is 71.9 Å². The number of likely N-dealkylation sites (tertiary alicyclic amines) is 1. The number of carbonyl (C=O) groups is 1. The Labute approximate surface area is 247 Å². The number of aromatic nitrogens is 4. The summed E-state index contributed by atoms with van der Waals surface area (Å²) in [4.78, 5) is 26.8. The van der Waals surface area contributed by atoms with Crippen molar-refractivity contribution < 1.29 is 9.53 Å². The molecule has 0 bridgehead atoms. The highest BCUT2D eigenvalue weighted by Crippen LogP contribution is 2.33. The van der Waals surface area contributed by atoms with Gasteiger partial charge in [0.15, 0.2) is 5.65 Å². The van der Waals surface area contributed by atoms with E-state index in [1.54, 1.807) is 6.07 Å². The Hall–Kier alpha value is -2.42. The highest BCUT2D eigenvalue weighted by atomic mass is 35.5. The van der Waals surface area contributed by atoms with Gasteiger partial charge < -0.3 is 9.64 Å². The summed E-state index contributed by atoms with van der Waals surface area (Å²) in [5.74, 6) is 1.88. The Kier molecular flexibility index (Phi) is 9.18. The zero-order chi connectivity index (χ0) is 28.4. The van der Waals surface area contributed by atoms with Crippen LogP contribution in [0.2, 0.25) is 10.0 Å². The molecule has 5 rings (SSSR count). The zero-order valence-electron chi connectivity index (χ0n) is 23.9. The number of benzene rings is 1. The lowest BCUT2D eigenvalue weighted by atomic mass is 9.87. The third kappa shape index (κ3) is 6.24. The summed E-state index contributed by atoms with van der Waals surface area (Å²) >= 11 is 12.7. The molecule has 40 heavy (non-hydrogen) atoms. The highest BCUT2D eigenvalue weighted by Gasteiger charge is 2.34. The second kappa shape index (κ2) is 12.6. The van der Waals surface area contributed by atoms with Gasteiger partial charge in [0.05, 0.1) is 24.5 Å². The molecule has 4 atom stereocenters. The van der Waals surface area contributed by atoms with Gasteiger partial charge in [0.1, 0.15) is 11.3 Å². The number of nitrogens with zero attached hydrogens (tertiary/aromatic N) is 6. The second-order valence-corrected chi connectivity index (χ2v) is 12.2. The molecule has 2 aliphatic rings. The molecule has 0 saturated carbocycles. The van der Waals surface area contributed by atoms with Gasteiger partial charge in [-0.3, -0.25) is 9.69 Å². The van der Waals surface area contributed by atoms with E-state index < -0.39 is 0 Å². The predicted octanol–water partition coefficient (Wildman–Crippen LogP) is 6.32. The minimum absolute atomic E-state index is 0.0680. The first-order valence-electron chi connectivity index (χ1n) is 14.6. The summed E-state index contributed by atoms with van der Waals surface area (Å²) in [6, 6.07) is 5.99. The lowest BCUT2D eigenvalue weighted by Crippen LogP contribution is -2.53. The number of carbonyl (C=O) groups excluding carboxylic acids is 1. The van der Waals surface area contributed by atoms with E-state index in [0.29, 0.717) is 41.0 Å². The summed E-state index contributed by atoms with van der Waals surface area (Å²) in [5.41, 5.74) is 3.37. The van der Waals surface area contributed by atoms with Gasteiger partial charge in [-0.15, -0.1) is 0 Å². The normalized spacial score (nSPS) is 22.9. The smallest absolute Gasteiger partial charge is 0.305 e. The maximum Gasteiger partial charge on any atom is 0.305 e. The second-order valence-electron chi connectivity index (χ2n) is 11.4. The van der Waals surface area contributed by atoms with Gasteiger partial charge in [0.25, 0.3) is 0 Å². The number of halogens is 2. The number of rotatable bonds is 8. The van der Waals surface area contributed by atoms with Gasteiger partial charge in [-0.05, 0) is 82.5 Å². The Morgan fingerprint density at radius 1 is 1.20 bits per heavy atom. The fourth-order valence-corrected chi connectivity index (χ4v) is 7.08. The predicted molar refractivity (Wildman–Crippen MR) is 160 cm³/mol. The van der Waals surface area contributed by atoms with Crippen LogP contribution in [-0.2, 0) is 9.53 Å². The summed E-state index contributed by atoms with van der Waals surface area (Å²) in [7, 11) is 0. The van der Waals surface area contributed by atoms with Gasteiger partial charge in [0.2, 0.25) is 0 Å². The van der Waals surface area contributed by atoms with E-state index in [9.17, 15) is 4.79 Å². The van der Waals surface area contributed by atoms with Crippen LogP contribution in [0.25, 0.3) is 11.2 Å². The average Bonchev–Trinajstić information content (AvgIpc) is 3.27. The minimum Gasteiger partial charge on any atom is -0.466 e. The number of hydrogen-bond donors (Lipinski definition) is 0. The highest BCUT2D eigenvalue weighted by molar-refractivity contribution is 6.35. The first-order valence-corrected chi connectivity index (χ1v) is 15.3. The zero-order valence-corrected chi connectivity index (χ0v) is 25.5. The van der Waals surface area contributed by atoms with Crippen LogP contribution in [0.3, 0.4) is 0 Å². The molecule has 2 aromatic heterocycles. The molecule has 0 N–H and O–H groups in total. The van der Waals surface area contributed by atoms with Crippen LogP contribution in [0.5, 0.6) is 0 Å². The summed E-state index contributed by atoms with van der Waals surface area (Å²) in [5, 5.41) is 6.02. The molecule has 0 amide bonds. The lowest BCUT2D eigenvalue weighted by Gasteiger charge is -2.46. The number of piperidine rings is 2. The van der Waals surface area contributed by atoms with Gasteiger partial charge in [-0.2, -0.15) is 5.10 Å². The van der Waals surface area contributed by atoms with E-state index in [0.717, 1.165) is 67.3 Å². The van der Waals surface area contributed by atoms with Crippen LogP contribution in [-0.4, -0.2) is 69.4 Å². The number of anilines is 1. The van der Waals surface area contributed by atoms with Crippen molar-refractivity contribution in [3.8, 4) is 0 Å². The van der Waals surface area contributed by atoms with E-state index in [-0.39, 0.29) is 12.0 Å². The molecule has 2 saturated heterocycles. The molecule has 0 radical (unpaired) electrons.